The molecule has 0 radical (unpaired) electrons. The van der Waals surface area contributed by atoms with Crippen LogP contribution in [0, 0.1) is 0 Å². The third kappa shape index (κ3) is 3.49. The zero-order valence-electron chi connectivity index (χ0n) is 8.64. The second kappa shape index (κ2) is 5.68. The number of hydrogen-bond acceptors (Lipinski definition) is 3. The quantitative estimate of drug-likeness (QED) is 0.741. The highest BCUT2D eigenvalue weighted by Gasteiger charge is 2.09. The van der Waals surface area contributed by atoms with Crippen LogP contribution in [0.5, 0.6) is 5.75 Å². The smallest absolute Gasteiger partial charge is 0.145 e. The van der Waals surface area contributed by atoms with Gasteiger partial charge in [-0.25, -0.2) is 0 Å². The van der Waals surface area contributed by atoms with Crippen molar-refractivity contribution in [2.45, 2.75) is 19.4 Å². The summed E-state index contributed by atoms with van der Waals surface area (Å²) in [5, 5.41) is 8.88. The Morgan fingerprint density at radius 3 is 2.80 bits per heavy atom. The van der Waals surface area contributed by atoms with Gasteiger partial charge in [0.1, 0.15) is 16.8 Å². The first kappa shape index (κ1) is 11.9. The van der Waals surface area contributed by atoms with E-state index in [-0.39, 0.29) is 12.7 Å². The van der Waals surface area contributed by atoms with Gasteiger partial charge >= 0.3 is 0 Å². The zero-order valence-corrected chi connectivity index (χ0v) is 9.46. The van der Waals surface area contributed by atoms with Crippen LogP contribution in [0.4, 0.5) is 0 Å². The Morgan fingerprint density at radius 1 is 1.53 bits per heavy atom. The Morgan fingerprint density at radius 2 is 2.20 bits per heavy atom. The molecule has 4 heteroatoms. The van der Waals surface area contributed by atoms with Crippen LogP contribution in [-0.2, 0) is 6.42 Å². The lowest BCUT2D eigenvalue weighted by Crippen LogP contribution is -2.29. The van der Waals surface area contributed by atoms with Crippen LogP contribution in [0.1, 0.15) is 12.5 Å². The molecule has 0 bridgehead atoms. The van der Waals surface area contributed by atoms with Crippen molar-refractivity contribution in [3.63, 3.8) is 0 Å². The Balaban J connectivity index is 2.79. The first-order valence-corrected chi connectivity index (χ1v) is 5.20. The summed E-state index contributed by atoms with van der Waals surface area (Å²) in [5.74, 6) is 0.729. The first-order chi connectivity index (χ1) is 7.15. The van der Waals surface area contributed by atoms with E-state index in [0.717, 1.165) is 11.3 Å². The molecule has 0 heterocycles. The topological polar surface area (TPSA) is 55.5 Å². The lowest BCUT2D eigenvalue weighted by molar-refractivity contribution is 0.274. The van der Waals surface area contributed by atoms with Crippen molar-refractivity contribution in [1.82, 2.24) is 0 Å². The Bertz CT molecular complexity index is 341. The molecule has 1 atom stereocenters. The highest BCUT2D eigenvalue weighted by molar-refractivity contribution is 7.80. The van der Waals surface area contributed by atoms with Crippen LogP contribution in [0.25, 0.3) is 0 Å². The Hall–Kier alpha value is -1.13. The van der Waals surface area contributed by atoms with Gasteiger partial charge in [0, 0.05) is 6.61 Å². The molecular weight excluding hydrogens is 210 g/mol. The number of nitrogens with two attached hydrogens (primary N) is 1. The lowest BCUT2D eigenvalue weighted by Gasteiger charge is -2.15. The van der Waals surface area contributed by atoms with Crippen LogP contribution in [0.2, 0.25) is 0 Å². The fraction of sp³-hybridized carbons (Fsp3) is 0.364. The summed E-state index contributed by atoms with van der Waals surface area (Å²) in [6.45, 7) is 1.90. The second-order valence-corrected chi connectivity index (χ2v) is 3.72. The monoisotopic (exact) mass is 225 g/mol. The second-order valence-electron chi connectivity index (χ2n) is 3.24. The third-order valence-corrected chi connectivity index (χ3v) is 2.39. The molecule has 1 unspecified atom stereocenters. The average Bonchev–Trinajstić information content (AvgIpc) is 2.21. The molecule has 15 heavy (non-hydrogen) atoms. The summed E-state index contributed by atoms with van der Waals surface area (Å²) < 4.78 is 5.58. The molecule has 0 aliphatic carbocycles. The minimum atomic E-state index is -0.292. The lowest BCUT2D eigenvalue weighted by atomic mass is 10.1. The van der Waals surface area contributed by atoms with Crippen LogP contribution >= 0.6 is 12.2 Å². The van der Waals surface area contributed by atoms with Crippen molar-refractivity contribution in [3.05, 3.63) is 29.8 Å². The maximum absolute atomic E-state index is 8.88. The van der Waals surface area contributed by atoms with E-state index >= 15 is 0 Å². The molecule has 3 N–H and O–H groups in total. The largest absolute Gasteiger partial charge is 0.483 e. The van der Waals surface area contributed by atoms with Gasteiger partial charge in [0.2, 0.25) is 0 Å². The molecule has 0 saturated carbocycles. The van der Waals surface area contributed by atoms with E-state index in [2.05, 4.69) is 0 Å². The number of aliphatic hydroxyl groups is 1. The highest BCUT2D eigenvalue weighted by Crippen LogP contribution is 2.19. The minimum Gasteiger partial charge on any atom is -0.483 e. The van der Waals surface area contributed by atoms with Crippen molar-refractivity contribution < 1.29 is 9.84 Å². The van der Waals surface area contributed by atoms with Gasteiger partial charge < -0.3 is 15.6 Å². The highest BCUT2D eigenvalue weighted by atomic mass is 32.1. The standard InChI is InChI=1S/C11H15NO2S/c1-8(11(12)15)14-10-5-3-2-4-9(10)6-7-13/h2-5,8,13H,6-7H2,1H3,(H2,12,15). The van der Waals surface area contributed by atoms with E-state index in [9.17, 15) is 0 Å². The SMILES string of the molecule is CC(Oc1ccccc1CCO)C(N)=S. The molecule has 0 aliphatic rings. The molecular formula is C11H15NO2S. The van der Waals surface area contributed by atoms with Crippen LogP contribution in [0.3, 0.4) is 0 Å². The van der Waals surface area contributed by atoms with Crippen LogP contribution in [0.15, 0.2) is 24.3 Å². The number of para-hydroxylation sites is 1. The van der Waals surface area contributed by atoms with E-state index in [4.69, 9.17) is 27.8 Å². The molecule has 0 amide bonds. The van der Waals surface area contributed by atoms with E-state index in [1.165, 1.54) is 0 Å². The van der Waals surface area contributed by atoms with Gasteiger partial charge in [-0.2, -0.15) is 0 Å². The minimum absolute atomic E-state index is 0.0990. The Labute approximate surface area is 94.9 Å². The number of ether oxygens (including phenoxy) is 1. The van der Waals surface area contributed by atoms with Crippen molar-refractivity contribution in [1.29, 1.82) is 0 Å². The third-order valence-electron chi connectivity index (χ3n) is 2.06. The molecule has 3 nitrogen and oxygen atoms in total. The zero-order chi connectivity index (χ0) is 11.3. The van der Waals surface area contributed by atoms with Gasteiger partial charge in [0.25, 0.3) is 0 Å². The van der Waals surface area contributed by atoms with Gasteiger partial charge in [0.05, 0.1) is 0 Å². The summed E-state index contributed by atoms with van der Waals surface area (Å²) in [7, 11) is 0. The van der Waals surface area contributed by atoms with E-state index < -0.39 is 0 Å². The molecule has 0 saturated heterocycles. The predicted octanol–water partition coefficient (Wildman–Crippen LogP) is 1.27. The number of hydrogen-bond donors (Lipinski definition) is 2. The van der Waals surface area contributed by atoms with Crippen LogP contribution < -0.4 is 10.5 Å². The molecule has 1 rings (SSSR count). The average molecular weight is 225 g/mol. The molecule has 82 valence electrons. The van der Waals surface area contributed by atoms with Crippen molar-refractivity contribution in [3.8, 4) is 5.75 Å². The molecule has 0 fully saturated rings. The van der Waals surface area contributed by atoms with Crippen molar-refractivity contribution >= 4 is 17.2 Å². The summed E-state index contributed by atoms with van der Waals surface area (Å²) in [5.41, 5.74) is 6.43. The van der Waals surface area contributed by atoms with Gasteiger partial charge in [-0.1, -0.05) is 30.4 Å². The molecule has 1 aromatic carbocycles. The fourth-order valence-corrected chi connectivity index (χ4v) is 1.24. The molecule has 1 aromatic rings. The molecule has 0 aliphatic heterocycles. The van der Waals surface area contributed by atoms with Gasteiger partial charge in [-0.05, 0) is 25.0 Å². The fourth-order valence-electron chi connectivity index (χ4n) is 1.19. The first-order valence-electron chi connectivity index (χ1n) is 4.80. The summed E-state index contributed by atoms with van der Waals surface area (Å²) in [6.07, 6.45) is 0.278. The number of rotatable bonds is 5. The number of benzene rings is 1. The maximum Gasteiger partial charge on any atom is 0.145 e. The van der Waals surface area contributed by atoms with E-state index in [1.54, 1.807) is 6.92 Å². The predicted molar refractivity (Wildman–Crippen MR) is 64.1 cm³/mol. The molecule has 0 aromatic heterocycles. The number of aliphatic hydroxyl groups excluding tert-OH is 1. The summed E-state index contributed by atoms with van der Waals surface area (Å²) >= 11 is 4.83. The van der Waals surface area contributed by atoms with Gasteiger partial charge in [-0.3, -0.25) is 0 Å². The maximum atomic E-state index is 8.88. The summed E-state index contributed by atoms with van der Waals surface area (Å²) in [4.78, 5) is 0.328. The van der Waals surface area contributed by atoms with Gasteiger partial charge in [0.15, 0.2) is 0 Å². The van der Waals surface area contributed by atoms with Crippen LogP contribution in [-0.4, -0.2) is 22.8 Å². The summed E-state index contributed by atoms with van der Waals surface area (Å²) in [6, 6.07) is 7.55. The normalized spacial score (nSPS) is 12.1. The van der Waals surface area contributed by atoms with Crippen molar-refractivity contribution in [2.24, 2.45) is 5.73 Å². The van der Waals surface area contributed by atoms with E-state index in [1.807, 2.05) is 24.3 Å². The molecule has 0 spiro atoms. The number of thiocarbonyl (C=S) groups is 1. The van der Waals surface area contributed by atoms with Crippen molar-refractivity contribution in [2.75, 3.05) is 6.61 Å². The van der Waals surface area contributed by atoms with Gasteiger partial charge in [-0.15, -0.1) is 0 Å². The van der Waals surface area contributed by atoms with E-state index in [0.29, 0.717) is 11.4 Å². The Kier molecular flexibility index (Phi) is 4.52.